The first-order valence-electron chi connectivity index (χ1n) is 6.86. The predicted octanol–water partition coefficient (Wildman–Crippen LogP) is 2.89. The Morgan fingerprint density at radius 1 is 1.19 bits per heavy atom. The number of piperazine rings is 1. The van der Waals surface area contributed by atoms with Crippen LogP contribution in [0.15, 0.2) is 24.3 Å². The Hall–Kier alpha value is -1.34. The minimum absolute atomic E-state index is 0.151. The quantitative estimate of drug-likeness (QED) is 0.847. The fourth-order valence-corrected chi connectivity index (χ4v) is 2.61. The lowest BCUT2D eigenvalue weighted by Gasteiger charge is -2.35. The number of hydrogen-bond donors (Lipinski definition) is 1. The Morgan fingerprint density at radius 3 is 2.48 bits per heavy atom. The number of nitrogens with zero attached hydrogens (tertiary/aromatic N) is 1. The molecule has 1 aliphatic heterocycles. The van der Waals surface area contributed by atoms with E-state index in [-0.39, 0.29) is 12.2 Å². The fourth-order valence-electron chi connectivity index (χ4n) is 2.61. The molecule has 1 aliphatic rings. The van der Waals surface area contributed by atoms with Crippen LogP contribution in [-0.4, -0.2) is 44.1 Å². The van der Waals surface area contributed by atoms with Gasteiger partial charge in [0, 0.05) is 37.8 Å². The third-order valence-electron chi connectivity index (χ3n) is 3.48. The Labute approximate surface area is 120 Å². The van der Waals surface area contributed by atoms with E-state index in [4.69, 9.17) is 0 Å². The van der Waals surface area contributed by atoms with Gasteiger partial charge in [-0.15, -0.1) is 13.2 Å². The molecule has 118 valence electrons. The van der Waals surface area contributed by atoms with Crippen LogP contribution in [0.2, 0.25) is 0 Å². The smallest absolute Gasteiger partial charge is 0.405 e. The summed E-state index contributed by atoms with van der Waals surface area (Å²) >= 11 is 0. The second-order valence-electron chi connectivity index (χ2n) is 4.87. The summed E-state index contributed by atoms with van der Waals surface area (Å²) in [6, 6.07) is 5.57. The number of alkyl halides is 4. The molecule has 1 saturated heterocycles. The molecule has 1 heterocycles. The summed E-state index contributed by atoms with van der Waals surface area (Å²) in [5.41, 5.74) is 0.384. The molecule has 7 heteroatoms. The molecule has 1 N–H and O–H groups in total. The number of rotatable bonds is 5. The number of hydrogen-bond acceptors (Lipinski definition) is 3. The van der Waals surface area contributed by atoms with Crippen molar-refractivity contribution in [2.45, 2.75) is 18.8 Å². The molecule has 0 aromatic heterocycles. The molecule has 2 rings (SSSR count). The molecule has 21 heavy (non-hydrogen) atoms. The third-order valence-corrected chi connectivity index (χ3v) is 3.48. The van der Waals surface area contributed by atoms with Crippen molar-refractivity contribution in [1.29, 1.82) is 0 Å². The second-order valence-corrected chi connectivity index (χ2v) is 4.87. The summed E-state index contributed by atoms with van der Waals surface area (Å²) in [7, 11) is 0. The van der Waals surface area contributed by atoms with Crippen LogP contribution >= 0.6 is 0 Å². The molecule has 1 fully saturated rings. The number of benzene rings is 1. The van der Waals surface area contributed by atoms with Gasteiger partial charge in [-0.25, -0.2) is 0 Å². The van der Waals surface area contributed by atoms with Gasteiger partial charge in [-0.3, -0.25) is 9.29 Å². The Balaban J connectivity index is 2.26. The average molecular weight is 306 g/mol. The minimum atomic E-state index is -4.75. The van der Waals surface area contributed by atoms with Crippen LogP contribution in [0.4, 0.5) is 17.6 Å². The lowest BCUT2D eigenvalue weighted by molar-refractivity contribution is -0.275. The molecule has 0 radical (unpaired) electrons. The summed E-state index contributed by atoms with van der Waals surface area (Å²) in [5.74, 6) is -0.248. The van der Waals surface area contributed by atoms with E-state index in [1.165, 1.54) is 12.1 Å². The first-order chi connectivity index (χ1) is 10.0. The SMILES string of the molecule is FCC[C@@H](c1ccccc1OC(F)(F)F)N1CCNCC1. The summed E-state index contributed by atoms with van der Waals surface area (Å²) < 4.78 is 54.4. The van der Waals surface area contributed by atoms with Crippen molar-refractivity contribution >= 4 is 0 Å². The fraction of sp³-hybridized carbons (Fsp3) is 0.571. The van der Waals surface area contributed by atoms with E-state index >= 15 is 0 Å². The van der Waals surface area contributed by atoms with Gasteiger partial charge in [0.05, 0.1) is 6.67 Å². The normalized spacial score (nSPS) is 18.5. The van der Waals surface area contributed by atoms with Gasteiger partial charge in [0.1, 0.15) is 5.75 Å². The highest BCUT2D eigenvalue weighted by molar-refractivity contribution is 5.36. The highest BCUT2D eigenvalue weighted by Crippen LogP contribution is 2.35. The molecule has 0 amide bonds. The van der Waals surface area contributed by atoms with Crippen molar-refractivity contribution in [3.8, 4) is 5.75 Å². The number of nitrogens with one attached hydrogen (secondary N) is 1. The van der Waals surface area contributed by atoms with E-state index in [0.29, 0.717) is 18.7 Å². The van der Waals surface area contributed by atoms with E-state index in [1.54, 1.807) is 12.1 Å². The van der Waals surface area contributed by atoms with E-state index in [1.807, 2.05) is 4.90 Å². The first kappa shape index (κ1) is 16.0. The van der Waals surface area contributed by atoms with Gasteiger partial charge in [0.25, 0.3) is 0 Å². The average Bonchev–Trinajstić information content (AvgIpc) is 2.45. The van der Waals surface area contributed by atoms with Crippen LogP contribution in [0.5, 0.6) is 5.75 Å². The van der Waals surface area contributed by atoms with Crippen molar-refractivity contribution < 1.29 is 22.3 Å². The zero-order valence-corrected chi connectivity index (χ0v) is 11.5. The standard InChI is InChI=1S/C14H18F4N2O/c15-6-5-12(20-9-7-19-8-10-20)11-3-1-2-4-13(11)21-14(16,17)18/h1-4,12,19H,5-10H2/t12-/m0/s1. The summed E-state index contributed by atoms with van der Waals surface area (Å²) in [5, 5.41) is 3.17. The van der Waals surface area contributed by atoms with Crippen LogP contribution in [0, 0.1) is 0 Å². The van der Waals surface area contributed by atoms with Crippen LogP contribution in [0.25, 0.3) is 0 Å². The van der Waals surface area contributed by atoms with Crippen LogP contribution in [0.3, 0.4) is 0 Å². The maximum Gasteiger partial charge on any atom is 0.573 e. The van der Waals surface area contributed by atoms with E-state index < -0.39 is 19.1 Å². The van der Waals surface area contributed by atoms with Crippen molar-refractivity contribution in [3.63, 3.8) is 0 Å². The van der Waals surface area contributed by atoms with Crippen molar-refractivity contribution in [2.24, 2.45) is 0 Å². The molecule has 1 aromatic rings. The zero-order valence-electron chi connectivity index (χ0n) is 11.5. The Bertz CT molecular complexity index is 447. The van der Waals surface area contributed by atoms with Gasteiger partial charge in [0.2, 0.25) is 0 Å². The number of para-hydroxylation sites is 1. The molecule has 1 aromatic carbocycles. The lowest BCUT2D eigenvalue weighted by atomic mass is 10.0. The number of ether oxygens (including phenoxy) is 1. The maximum absolute atomic E-state index is 12.8. The zero-order chi connectivity index (χ0) is 15.3. The lowest BCUT2D eigenvalue weighted by Crippen LogP contribution is -2.45. The van der Waals surface area contributed by atoms with Crippen molar-refractivity contribution in [3.05, 3.63) is 29.8 Å². The Morgan fingerprint density at radius 2 is 1.86 bits per heavy atom. The van der Waals surface area contributed by atoms with Crippen LogP contribution in [-0.2, 0) is 0 Å². The highest BCUT2D eigenvalue weighted by atomic mass is 19.4. The minimum Gasteiger partial charge on any atom is -0.405 e. The maximum atomic E-state index is 12.8. The van der Waals surface area contributed by atoms with Crippen molar-refractivity contribution in [2.75, 3.05) is 32.9 Å². The number of halogens is 4. The van der Waals surface area contributed by atoms with Gasteiger partial charge in [-0.2, -0.15) is 0 Å². The predicted molar refractivity (Wildman–Crippen MR) is 70.9 cm³/mol. The van der Waals surface area contributed by atoms with Gasteiger partial charge < -0.3 is 10.1 Å². The summed E-state index contributed by atoms with van der Waals surface area (Å²) in [6.07, 6.45) is -4.60. The largest absolute Gasteiger partial charge is 0.573 e. The summed E-state index contributed by atoms with van der Waals surface area (Å²) in [4.78, 5) is 1.99. The summed E-state index contributed by atoms with van der Waals surface area (Å²) in [6.45, 7) is 2.24. The van der Waals surface area contributed by atoms with Crippen LogP contribution in [0.1, 0.15) is 18.0 Å². The van der Waals surface area contributed by atoms with Crippen LogP contribution < -0.4 is 10.1 Å². The molecule has 0 spiro atoms. The van der Waals surface area contributed by atoms with Gasteiger partial charge in [-0.1, -0.05) is 18.2 Å². The molecule has 1 atom stereocenters. The monoisotopic (exact) mass is 306 g/mol. The van der Waals surface area contributed by atoms with Crippen molar-refractivity contribution in [1.82, 2.24) is 10.2 Å². The van der Waals surface area contributed by atoms with Gasteiger partial charge >= 0.3 is 6.36 Å². The van der Waals surface area contributed by atoms with Gasteiger partial charge in [-0.05, 0) is 12.5 Å². The molecular weight excluding hydrogens is 288 g/mol. The van der Waals surface area contributed by atoms with E-state index in [9.17, 15) is 17.6 Å². The molecule has 0 saturated carbocycles. The molecular formula is C14H18F4N2O. The van der Waals surface area contributed by atoms with E-state index in [2.05, 4.69) is 10.1 Å². The Kier molecular flexibility index (Phi) is 5.41. The van der Waals surface area contributed by atoms with Gasteiger partial charge in [0.15, 0.2) is 0 Å². The second kappa shape index (κ2) is 7.09. The molecule has 3 nitrogen and oxygen atoms in total. The van der Waals surface area contributed by atoms with E-state index in [0.717, 1.165) is 13.1 Å². The molecule has 0 unspecified atom stereocenters. The molecule has 0 aliphatic carbocycles. The molecule has 0 bridgehead atoms. The highest BCUT2D eigenvalue weighted by Gasteiger charge is 2.34. The first-order valence-corrected chi connectivity index (χ1v) is 6.86. The third kappa shape index (κ3) is 4.57. The topological polar surface area (TPSA) is 24.5 Å².